The molecule has 2 aliphatic heterocycles. The zero-order valence-corrected chi connectivity index (χ0v) is 15.5. The van der Waals surface area contributed by atoms with E-state index >= 15 is 0 Å². The Hall–Kier alpha value is -1.60. The van der Waals surface area contributed by atoms with Crippen molar-refractivity contribution in [2.75, 3.05) is 19.3 Å². The predicted molar refractivity (Wildman–Crippen MR) is 99.3 cm³/mol. The van der Waals surface area contributed by atoms with Crippen molar-refractivity contribution < 1.29 is 13.2 Å². The molecule has 3 atom stereocenters. The Bertz CT molecular complexity index is 691. The van der Waals surface area contributed by atoms with Crippen molar-refractivity contribution >= 4 is 15.8 Å². The number of sulfone groups is 1. The Balaban J connectivity index is 1.38. The minimum absolute atomic E-state index is 0.100. The second kappa shape index (κ2) is 8.19. The largest absolute Gasteiger partial charge is 0.373 e. The van der Waals surface area contributed by atoms with E-state index in [1.165, 1.54) is 0 Å². The maximum Gasteiger partial charge on any atom is 0.191 e. The van der Waals surface area contributed by atoms with Crippen LogP contribution < -0.4 is 10.6 Å². The predicted octanol–water partition coefficient (Wildman–Crippen LogP) is 1.48. The van der Waals surface area contributed by atoms with Gasteiger partial charge in [0.2, 0.25) is 0 Å². The standard InChI is InChI=1S/C18H27N3O3S/c1-19-18(21-16-12-15-8-9-17(16)24-15)20-10-5-11-25(22,23)13-14-6-3-2-4-7-14/h2-4,6-7,15-17H,5,8-13H2,1H3,(H2,19,20,21). The molecular weight excluding hydrogens is 338 g/mol. The summed E-state index contributed by atoms with van der Waals surface area (Å²) in [5.74, 6) is 0.994. The van der Waals surface area contributed by atoms with E-state index in [1.807, 2.05) is 30.3 Å². The van der Waals surface area contributed by atoms with Crippen LogP contribution in [-0.2, 0) is 20.3 Å². The van der Waals surface area contributed by atoms with Crippen LogP contribution in [0, 0.1) is 0 Å². The average molecular weight is 365 g/mol. The number of ether oxygens (including phenoxy) is 1. The summed E-state index contributed by atoms with van der Waals surface area (Å²) in [5, 5.41) is 6.61. The van der Waals surface area contributed by atoms with Crippen LogP contribution in [0.3, 0.4) is 0 Å². The first kappa shape index (κ1) is 18.2. The lowest BCUT2D eigenvalue weighted by Gasteiger charge is -2.22. The van der Waals surface area contributed by atoms with E-state index in [1.54, 1.807) is 7.05 Å². The molecule has 0 radical (unpaired) electrons. The number of nitrogens with one attached hydrogen (secondary N) is 2. The smallest absolute Gasteiger partial charge is 0.191 e. The quantitative estimate of drug-likeness (QED) is 0.435. The van der Waals surface area contributed by atoms with Gasteiger partial charge in [-0.3, -0.25) is 4.99 Å². The van der Waals surface area contributed by atoms with Gasteiger partial charge in [-0.1, -0.05) is 30.3 Å². The number of benzene rings is 1. The van der Waals surface area contributed by atoms with Gasteiger partial charge in [0.1, 0.15) is 0 Å². The second-order valence-corrected chi connectivity index (χ2v) is 8.97. The third kappa shape index (κ3) is 5.19. The van der Waals surface area contributed by atoms with Crippen LogP contribution in [0.4, 0.5) is 0 Å². The van der Waals surface area contributed by atoms with Crippen molar-refractivity contribution in [3.63, 3.8) is 0 Å². The summed E-state index contributed by atoms with van der Waals surface area (Å²) >= 11 is 0. The van der Waals surface area contributed by atoms with Crippen LogP contribution in [0.15, 0.2) is 35.3 Å². The lowest BCUT2D eigenvalue weighted by atomic mass is 9.96. The molecule has 0 aromatic heterocycles. The molecule has 7 heteroatoms. The number of aliphatic imine (C=N–C) groups is 1. The molecule has 0 saturated carbocycles. The summed E-state index contributed by atoms with van der Waals surface area (Å²) in [7, 11) is -1.36. The van der Waals surface area contributed by atoms with E-state index < -0.39 is 9.84 Å². The topological polar surface area (TPSA) is 79.8 Å². The van der Waals surface area contributed by atoms with E-state index in [2.05, 4.69) is 15.6 Å². The van der Waals surface area contributed by atoms with Crippen molar-refractivity contribution in [1.82, 2.24) is 10.6 Å². The number of hydrogen-bond donors (Lipinski definition) is 2. The molecule has 1 aromatic rings. The van der Waals surface area contributed by atoms with E-state index in [9.17, 15) is 8.42 Å². The highest BCUT2D eigenvalue weighted by Gasteiger charge is 2.41. The van der Waals surface area contributed by atoms with E-state index in [4.69, 9.17) is 4.74 Å². The van der Waals surface area contributed by atoms with Crippen LogP contribution in [0.5, 0.6) is 0 Å². The van der Waals surface area contributed by atoms with E-state index in [-0.39, 0.29) is 17.6 Å². The molecule has 2 bridgehead atoms. The Morgan fingerprint density at radius 3 is 2.72 bits per heavy atom. The average Bonchev–Trinajstić information content (AvgIpc) is 3.21. The van der Waals surface area contributed by atoms with Gasteiger partial charge in [0, 0.05) is 13.6 Å². The van der Waals surface area contributed by atoms with Gasteiger partial charge < -0.3 is 15.4 Å². The summed E-state index contributed by atoms with van der Waals surface area (Å²) in [6.45, 7) is 0.579. The first-order valence-corrected chi connectivity index (χ1v) is 10.7. The van der Waals surface area contributed by atoms with Gasteiger partial charge in [-0.25, -0.2) is 8.42 Å². The molecule has 25 heavy (non-hydrogen) atoms. The Kier molecular flexibility index (Phi) is 5.96. The van der Waals surface area contributed by atoms with Gasteiger partial charge >= 0.3 is 0 Å². The monoisotopic (exact) mass is 365 g/mol. The third-order valence-corrected chi connectivity index (χ3v) is 6.49. The van der Waals surface area contributed by atoms with Crippen molar-refractivity contribution in [1.29, 1.82) is 0 Å². The molecule has 2 fully saturated rings. The lowest BCUT2D eigenvalue weighted by molar-refractivity contribution is 0.0992. The second-order valence-electron chi connectivity index (χ2n) is 6.79. The van der Waals surface area contributed by atoms with E-state index in [0.717, 1.165) is 30.8 Å². The van der Waals surface area contributed by atoms with Crippen molar-refractivity contribution in [3.05, 3.63) is 35.9 Å². The molecule has 6 nitrogen and oxygen atoms in total. The Morgan fingerprint density at radius 2 is 2.08 bits per heavy atom. The number of fused-ring (bicyclic) bond motifs is 2. The molecule has 2 aliphatic rings. The number of hydrogen-bond acceptors (Lipinski definition) is 4. The van der Waals surface area contributed by atoms with Crippen molar-refractivity contribution in [3.8, 4) is 0 Å². The number of nitrogens with zero attached hydrogens (tertiary/aromatic N) is 1. The summed E-state index contributed by atoms with van der Waals surface area (Å²) in [5.41, 5.74) is 0.837. The lowest BCUT2D eigenvalue weighted by Crippen LogP contribution is -2.47. The van der Waals surface area contributed by atoms with Gasteiger partial charge in [0.05, 0.1) is 29.8 Å². The zero-order chi connectivity index (χ0) is 17.7. The highest BCUT2D eigenvalue weighted by molar-refractivity contribution is 7.90. The zero-order valence-electron chi connectivity index (χ0n) is 14.6. The number of guanidine groups is 1. The van der Waals surface area contributed by atoms with Crippen LogP contribution in [-0.4, -0.2) is 52.0 Å². The van der Waals surface area contributed by atoms with Crippen LogP contribution in [0.1, 0.15) is 31.2 Å². The summed E-state index contributed by atoms with van der Waals surface area (Å²) < 4.78 is 30.2. The maximum absolute atomic E-state index is 12.2. The summed E-state index contributed by atoms with van der Waals surface area (Å²) in [6, 6.07) is 9.62. The van der Waals surface area contributed by atoms with Crippen molar-refractivity contribution in [2.45, 2.75) is 49.7 Å². The molecular formula is C18H27N3O3S. The Labute approximate surface area is 150 Å². The Morgan fingerprint density at radius 1 is 1.28 bits per heavy atom. The molecule has 0 amide bonds. The normalized spacial score (nSPS) is 26.0. The minimum atomic E-state index is -3.09. The highest BCUT2D eigenvalue weighted by Crippen LogP contribution is 2.34. The maximum atomic E-state index is 12.2. The van der Waals surface area contributed by atoms with Gasteiger partial charge in [0.25, 0.3) is 0 Å². The highest BCUT2D eigenvalue weighted by atomic mass is 32.2. The van der Waals surface area contributed by atoms with Crippen LogP contribution in [0.2, 0.25) is 0 Å². The first-order valence-electron chi connectivity index (χ1n) is 8.93. The molecule has 2 heterocycles. The summed E-state index contributed by atoms with van der Waals surface area (Å²) in [6.07, 6.45) is 4.53. The third-order valence-electron chi connectivity index (χ3n) is 4.81. The van der Waals surface area contributed by atoms with Crippen molar-refractivity contribution in [2.24, 2.45) is 4.99 Å². The summed E-state index contributed by atoms with van der Waals surface area (Å²) in [4.78, 5) is 4.23. The molecule has 3 unspecified atom stereocenters. The van der Waals surface area contributed by atoms with E-state index in [0.29, 0.717) is 25.1 Å². The van der Waals surface area contributed by atoms with Crippen LogP contribution in [0.25, 0.3) is 0 Å². The molecule has 2 saturated heterocycles. The minimum Gasteiger partial charge on any atom is -0.373 e. The van der Waals surface area contributed by atoms with Crippen LogP contribution >= 0.6 is 0 Å². The number of rotatable bonds is 7. The first-order chi connectivity index (χ1) is 12.1. The van der Waals surface area contributed by atoms with Gasteiger partial charge in [-0.15, -0.1) is 0 Å². The van der Waals surface area contributed by atoms with Gasteiger partial charge in [0.15, 0.2) is 15.8 Å². The van der Waals surface area contributed by atoms with Gasteiger partial charge in [-0.05, 0) is 31.2 Å². The molecule has 1 aromatic carbocycles. The molecule has 0 spiro atoms. The molecule has 138 valence electrons. The molecule has 3 rings (SSSR count). The molecule has 2 N–H and O–H groups in total. The van der Waals surface area contributed by atoms with Gasteiger partial charge in [-0.2, -0.15) is 0 Å². The fourth-order valence-corrected chi connectivity index (χ4v) is 4.99. The fourth-order valence-electron chi connectivity index (χ4n) is 3.56. The fraction of sp³-hybridized carbons (Fsp3) is 0.611. The molecule has 0 aliphatic carbocycles. The SMILES string of the molecule is CN=C(NCCCS(=O)(=O)Cc1ccccc1)NC1CC2CCC1O2.